The summed E-state index contributed by atoms with van der Waals surface area (Å²) in [7, 11) is 2.07. The Labute approximate surface area is 146 Å². The highest BCUT2D eigenvalue weighted by Crippen LogP contribution is 2.32. The fourth-order valence-corrected chi connectivity index (χ4v) is 4.63. The van der Waals surface area contributed by atoms with E-state index in [2.05, 4.69) is 51.9 Å². The van der Waals surface area contributed by atoms with Gasteiger partial charge < -0.3 is 5.32 Å². The number of nitrogens with zero attached hydrogens (tertiary/aromatic N) is 1. The van der Waals surface area contributed by atoms with Crippen molar-refractivity contribution in [3.05, 3.63) is 28.2 Å². The molecular formula is C17H25BrN2OS. The number of hydrogen-bond donors (Lipinski definition) is 1. The molecule has 1 aliphatic rings. The van der Waals surface area contributed by atoms with Crippen molar-refractivity contribution in [1.82, 2.24) is 4.90 Å². The summed E-state index contributed by atoms with van der Waals surface area (Å²) in [5.74, 6) is 1.25. The lowest BCUT2D eigenvalue weighted by molar-refractivity contribution is -0.117. The van der Waals surface area contributed by atoms with Crippen molar-refractivity contribution in [3.8, 4) is 0 Å². The second kappa shape index (κ2) is 8.37. The quantitative estimate of drug-likeness (QED) is 0.793. The Morgan fingerprint density at radius 2 is 2.23 bits per heavy atom. The second-order valence-corrected chi connectivity index (χ2v) is 8.46. The van der Waals surface area contributed by atoms with Gasteiger partial charge in [0.25, 0.3) is 0 Å². The molecular weight excluding hydrogens is 360 g/mol. The van der Waals surface area contributed by atoms with Gasteiger partial charge in [0.2, 0.25) is 5.91 Å². The van der Waals surface area contributed by atoms with E-state index < -0.39 is 0 Å². The number of amides is 1. The Morgan fingerprint density at radius 1 is 1.45 bits per heavy atom. The van der Waals surface area contributed by atoms with E-state index in [1.54, 1.807) is 0 Å². The third kappa shape index (κ3) is 5.00. The van der Waals surface area contributed by atoms with Crippen LogP contribution < -0.4 is 5.32 Å². The third-order valence-corrected chi connectivity index (χ3v) is 5.96. The number of likely N-dealkylation sites (N-methyl/N-ethyl adjacent to an activating group) is 1. The normalized spacial score (nSPS) is 21.3. The summed E-state index contributed by atoms with van der Waals surface area (Å²) in [5.41, 5.74) is 1.97. The van der Waals surface area contributed by atoms with E-state index in [0.29, 0.717) is 12.6 Å². The number of halogens is 1. The maximum absolute atomic E-state index is 12.3. The lowest BCUT2D eigenvalue weighted by Crippen LogP contribution is -2.37. The summed E-state index contributed by atoms with van der Waals surface area (Å²) in [6.07, 6.45) is 3.69. The number of anilines is 1. The summed E-state index contributed by atoms with van der Waals surface area (Å²) < 4.78 is 1.03. The van der Waals surface area contributed by atoms with Gasteiger partial charge in [0.15, 0.2) is 0 Å². The van der Waals surface area contributed by atoms with Gasteiger partial charge >= 0.3 is 0 Å². The van der Waals surface area contributed by atoms with E-state index >= 15 is 0 Å². The van der Waals surface area contributed by atoms with Crippen molar-refractivity contribution in [3.63, 3.8) is 0 Å². The second-order valence-electron chi connectivity index (χ2n) is 5.97. The number of aryl methyl sites for hydroxylation is 1. The minimum atomic E-state index is 0.0690. The molecule has 22 heavy (non-hydrogen) atoms. The van der Waals surface area contributed by atoms with E-state index in [-0.39, 0.29) is 5.91 Å². The lowest BCUT2D eigenvalue weighted by atomic mass is 10.2. The first-order chi connectivity index (χ1) is 10.5. The maximum Gasteiger partial charge on any atom is 0.238 e. The molecule has 1 fully saturated rings. The molecule has 1 saturated carbocycles. The largest absolute Gasteiger partial charge is 0.325 e. The van der Waals surface area contributed by atoms with Gasteiger partial charge in [-0.2, -0.15) is 11.8 Å². The Bertz CT molecular complexity index is 523. The highest BCUT2D eigenvalue weighted by atomic mass is 79.9. The predicted octanol–water partition coefficient (Wildman–Crippen LogP) is 4.30. The molecule has 0 bridgehead atoms. The molecule has 2 atom stereocenters. The van der Waals surface area contributed by atoms with Crippen LogP contribution in [-0.4, -0.2) is 41.4 Å². The Morgan fingerprint density at radius 3 is 2.91 bits per heavy atom. The predicted molar refractivity (Wildman–Crippen MR) is 99.7 cm³/mol. The van der Waals surface area contributed by atoms with Crippen LogP contribution in [-0.2, 0) is 4.79 Å². The zero-order valence-electron chi connectivity index (χ0n) is 13.6. The summed E-state index contributed by atoms with van der Waals surface area (Å²) in [4.78, 5) is 14.5. The monoisotopic (exact) mass is 384 g/mol. The van der Waals surface area contributed by atoms with Crippen molar-refractivity contribution >= 4 is 39.3 Å². The van der Waals surface area contributed by atoms with Crippen molar-refractivity contribution in [2.45, 2.75) is 44.4 Å². The van der Waals surface area contributed by atoms with E-state index in [9.17, 15) is 4.79 Å². The molecule has 1 aromatic rings. The molecule has 0 spiro atoms. The van der Waals surface area contributed by atoms with Crippen LogP contribution in [0.2, 0.25) is 0 Å². The van der Waals surface area contributed by atoms with E-state index in [4.69, 9.17) is 0 Å². The van der Waals surface area contributed by atoms with Crippen molar-refractivity contribution in [2.75, 3.05) is 24.7 Å². The molecule has 1 aromatic carbocycles. The molecule has 1 aliphatic carbocycles. The van der Waals surface area contributed by atoms with Gasteiger partial charge in [0.1, 0.15) is 0 Å². The van der Waals surface area contributed by atoms with E-state index in [1.807, 2.05) is 25.1 Å². The summed E-state index contributed by atoms with van der Waals surface area (Å²) in [5, 5.41) is 3.79. The van der Waals surface area contributed by atoms with Crippen LogP contribution in [0.15, 0.2) is 22.7 Å². The number of thioether (sulfide) groups is 1. The first-order valence-corrected chi connectivity index (χ1v) is 9.71. The maximum atomic E-state index is 12.3. The summed E-state index contributed by atoms with van der Waals surface area (Å²) in [6, 6.07) is 6.46. The molecule has 2 rings (SSSR count). The summed E-state index contributed by atoms with van der Waals surface area (Å²) in [6.45, 7) is 4.69. The van der Waals surface area contributed by atoms with Crippen LogP contribution in [0.25, 0.3) is 0 Å². The topological polar surface area (TPSA) is 32.3 Å². The van der Waals surface area contributed by atoms with Gasteiger partial charge in [-0.1, -0.05) is 22.9 Å². The molecule has 1 N–H and O–H groups in total. The average molecular weight is 385 g/mol. The van der Waals surface area contributed by atoms with E-state index in [1.165, 1.54) is 25.0 Å². The Hall–Kier alpha value is -0.520. The number of benzene rings is 1. The van der Waals surface area contributed by atoms with Crippen LogP contribution in [0.1, 0.15) is 31.7 Å². The average Bonchev–Trinajstić information content (AvgIpc) is 2.91. The lowest BCUT2D eigenvalue weighted by Gasteiger charge is -2.24. The van der Waals surface area contributed by atoms with Crippen molar-refractivity contribution in [1.29, 1.82) is 0 Å². The van der Waals surface area contributed by atoms with Crippen LogP contribution in [0.3, 0.4) is 0 Å². The van der Waals surface area contributed by atoms with Gasteiger partial charge in [-0.25, -0.2) is 0 Å². The SMILES string of the molecule is CCSC1CCC(N(C)CC(=O)Nc2ccc(Br)cc2C)C1. The molecule has 0 aliphatic heterocycles. The van der Waals surface area contributed by atoms with Gasteiger partial charge in [0, 0.05) is 21.5 Å². The molecule has 0 heterocycles. The summed E-state index contributed by atoms with van der Waals surface area (Å²) >= 11 is 5.50. The van der Waals surface area contributed by atoms with Gasteiger partial charge in [-0.3, -0.25) is 9.69 Å². The fourth-order valence-electron chi connectivity index (χ4n) is 3.02. The van der Waals surface area contributed by atoms with Crippen molar-refractivity contribution < 1.29 is 4.79 Å². The fraction of sp³-hybridized carbons (Fsp3) is 0.588. The third-order valence-electron chi connectivity index (χ3n) is 4.24. The number of rotatable bonds is 6. The minimum absolute atomic E-state index is 0.0690. The smallest absolute Gasteiger partial charge is 0.238 e. The molecule has 5 heteroatoms. The number of nitrogens with one attached hydrogen (secondary N) is 1. The van der Waals surface area contributed by atoms with Crippen LogP contribution >= 0.6 is 27.7 Å². The molecule has 2 unspecified atom stereocenters. The molecule has 3 nitrogen and oxygen atoms in total. The van der Waals surface area contributed by atoms with Gasteiger partial charge in [-0.05, 0) is 62.7 Å². The first-order valence-electron chi connectivity index (χ1n) is 7.87. The van der Waals surface area contributed by atoms with Crippen LogP contribution in [0.5, 0.6) is 0 Å². The molecule has 0 aromatic heterocycles. The number of carbonyl (C=O) groups excluding carboxylic acids is 1. The Balaban J connectivity index is 1.84. The van der Waals surface area contributed by atoms with Crippen LogP contribution in [0, 0.1) is 6.92 Å². The van der Waals surface area contributed by atoms with Gasteiger partial charge in [0.05, 0.1) is 6.54 Å². The molecule has 0 saturated heterocycles. The first kappa shape index (κ1) is 17.8. The van der Waals surface area contributed by atoms with Crippen molar-refractivity contribution in [2.24, 2.45) is 0 Å². The molecule has 0 radical (unpaired) electrons. The van der Waals surface area contributed by atoms with Gasteiger partial charge in [-0.15, -0.1) is 0 Å². The highest BCUT2D eigenvalue weighted by Gasteiger charge is 2.28. The standard InChI is InChI=1S/C17H25BrN2OS/c1-4-22-15-7-6-14(10-15)20(3)11-17(21)19-16-8-5-13(18)9-12(16)2/h5,8-9,14-15H,4,6-7,10-11H2,1-3H3,(H,19,21). The molecule has 1 amide bonds. The van der Waals surface area contributed by atoms with E-state index in [0.717, 1.165) is 21.0 Å². The number of carbonyl (C=O) groups is 1. The highest BCUT2D eigenvalue weighted by molar-refractivity contribution is 9.10. The molecule has 122 valence electrons. The zero-order valence-corrected chi connectivity index (χ0v) is 16.0. The Kier molecular flexibility index (Phi) is 6.78. The zero-order chi connectivity index (χ0) is 16.1. The minimum Gasteiger partial charge on any atom is -0.325 e. The number of hydrogen-bond acceptors (Lipinski definition) is 3. The van der Waals surface area contributed by atoms with Crippen LogP contribution in [0.4, 0.5) is 5.69 Å².